The van der Waals surface area contributed by atoms with E-state index in [9.17, 15) is 21.6 Å². The lowest BCUT2D eigenvalue weighted by Gasteiger charge is -2.23. The number of hydrogen-bond acceptors (Lipinski definition) is 4. The first kappa shape index (κ1) is 18.1. The van der Waals surface area contributed by atoms with Gasteiger partial charge in [-0.15, -0.1) is 12.4 Å². The Balaban J connectivity index is 0.00000220. The molecule has 21 heavy (non-hydrogen) atoms. The number of rotatable bonds is 3. The zero-order valence-electron chi connectivity index (χ0n) is 10.9. The van der Waals surface area contributed by atoms with Crippen molar-refractivity contribution in [1.29, 1.82) is 0 Å². The summed E-state index contributed by atoms with van der Waals surface area (Å²) >= 11 is 0. The highest BCUT2D eigenvalue weighted by atomic mass is 35.5. The first-order valence-electron chi connectivity index (χ1n) is 6.09. The largest absolute Gasteiger partial charge is 0.501 e. The third kappa shape index (κ3) is 4.24. The van der Waals surface area contributed by atoms with E-state index in [1.165, 1.54) is 12.1 Å². The van der Waals surface area contributed by atoms with E-state index in [1.807, 2.05) is 0 Å². The second kappa shape index (κ2) is 6.85. The van der Waals surface area contributed by atoms with Crippen LogP contribution in [0.25, 0.3) is 0 Å². The van der Waals surface area contributed by atoms with Gasteiger partial charge >= 0.3 is 5.51 Å². The summed E-state index contributed by atoms with van der Waals surface area (Å²) in [6, 6.07) is 4.33. The third-order valence-corrected chi connectivity index (χ3v) is 4.53. The monoisotopic (exact) mass is 345 g/mol. The summed E-state index contributed by atoms with van der Waals surface area (Å²) in [6.07, 6.45) is 1.62. The van der Waals surface area contributed by atoms with Crippen LogP contribution >= 0.6 is 12.4 Å². The Morgan fingerprint density at radius 3 is 2.10 bits per heavy atom. The number of sulfone groups is 1. The molecule has 1 aliphatic rings. The van der Waals surface area contributed by atoms with E-state index in [4.69, 9.17) is 4.74 Å². The number of ether oxygens (including phenoxy) is 1. The zero-order chi connectivity index (χ0) is 14.8. The Labute approximate surface area is 127 Å². The van der Waals surface area contributed by atoms with Crippen molar-refractivity contribution in [3.05, 3.63) is 24.3 Å². The normalized spacial score (nSPS) is 17.1. The maximum absolute atomic E-state index is 12.4. The third-order valence-electron chi connectivity index (χ3n) is 3.03. The van der Waals surface area contributed by atoms with Crippen LogP contribution in [0, 0.1) is 0 Å². The van der Waals surface area contributed by atoms with Crippen molar-refractivity contribution in [2.75, 3.05) is 13.1 Å². The van der Waals surface area contributed by atoms with Crippen molar-refractivity contribution in [2.24, 2.45) is 0 Å². The molecule has 1 heterocycles. The van der Waals surface area contributed by atoms with Gasteiger partial charge in [-0.25, -0.2) is 8.42 Å². The first-order chi connectivity index (χ1) is 9.30. The van der Waals surface area contributed by atoms with Gasteiger partial charge in [-0.3, -0.25) is 0 Å². The number of benzene rings is 1. The molecule has 0 amide bonds. The first-order valence-corrected chi connectivity index (χ1v) is 7.58. The van der Waals surface area contributed by atoms with E-state index >= 15 is 0 Å². The van der Waals surface area contributed by atoms with Gasteiger partial charge in [0, 0.05) is 0 Å². The van der Waals surface area contributed by atoms with Crippen molar-refractivity contribution in [3.63, 3.8) is 0 Å². The molecule has 1 aromatic carbocycles. The molecule has 0 aromatic heterocycles. The van der Waals surface area contributed by atoms with Crippen molar-refractivity contribution >= 4 is 22.2 Å². The van der Waals surface area contributed by atoms with Gasteiger partial charge in [-0.05, 0) is 50.2 Å². The Morgan fingerprint density at radius 2 is 1.62 bits per heavy atom. The van der Waals surface area contributed by atoms with Crippen molar-refractivity contribution in [3.8, 4) is 5.75 Å². The van der Waals surface area contributed by atoms with Gasteiger partial charge in [0.05, 0.1) is 4.90 Å². The summed E-state index contributed by atoms with van der Waals surface area (Å²) in [6.45, 7) is 1.65. The average molecular weight is 346 g/mol. The van der Waals surface area contributed by atoms with E-state index in [1.54, 1.807) is 0 Å². The van der Waals surface area contributed by atoms with E-state index in [2.05, 4.69) is 5.32 Å². The SMILES string of the molecule is Cl.O=S(=O)(c1ccc(OC2CCNCC2)cc1)C(F)(F)F. The fraction of sp³-hybridized carbons (Fsp3) is 0.500. The van der Waals surface area contributed by atoms with Crippen LogP contribution in [-0.2, 0) is 9.84 Å². The van der Waals surface area contributed by atoms with Crippen molar-refractivity contribution < 1.29 is 26.3 Å². The molecule has 4 nitrogen and oxygen atoms in total. The zero-order valence-corrected chi connectivity index (χ0v) is 12.5. The van der Waals surface area contributed by atoms with Crippen molar-refractivity contribution in [1.82, 2.24) is 5.32 Å². The summed E-state index contributed by atoms with van der Waals surface area (Å²) in [5.74, 6) is 0.373. The molecule has 0 bridgehead atoms. The fourth-order valence-corrected chi connectivity index (χ4v) is 2.70. The van der Waals surface area contributed by atoms with Gasteiger partial charge in [0.25, 0.3) is 9.84 Å². The standard InChI is InChI=1S/C12H14F3NO3S.ClH/c13-12(14,15)20(17,18)11-3-1-9(2-4-11)19-10-5-7-16-8-6-10;/h1-4,10,16H,5-8H2;1H. The molecular formula is C12H15ClF3NO3S. The summed E-state index contributed by atoms with van der Waals surface area (Å²) < 4.78 is 65.1. The highest BCUT2D eigenvalue weighted by molar-refractivity contribution is 7.92. The van der Waals surface area contributed by atoms with Gasteiger partial charge in [0.2, 0.25) is 0 Å². The summed E-state index contributed by atoms with van der Waals surface area (Å²) in [4.78, 5) is -0.775. The second-order valence-corrected chi connectivity index (χ2v) is 6.43. The lowest BCUT2D eigenvalue weighted by atomic mass is 10.1. The Kier molecular flexibility index (Phi) is 5.89. The maximum atomic E-state index is 12.4. The minimum Gasteiger partial charge on any atom is -0.490 e. The summed E-state index contributed by atoms with van der Waals surface area (Å²) in [5.41, 5.74) is -5.29. The van der Waals surface area contributed by atoms with E-state index in [0.29, 0.717) is 5.75 Å². The van der Waals surface area contributed by atoms with Gasteiger partial charge in [-0.2, -0.15) is 13.2 Å². The molecular weight excluding hydrogens is 331 g/mol. The highest BCUT2D eigenvalue weighted by Crippen LogP contribution is 2.31. The number of alkyl halides is 3. The lowest BCUT2D eigenvalue weighted by molar-refractivity contribution is -0.0436. The molecule has 1 aromatic rings. The van der Waals surface area contributed by atoms with Crippen LogP contribution in [0.3, 0.4) is 0 Å². The number of nitrogens with one attached hydrogen (secondary N) is 1. The highest BCUT2D eigenvalue weighted by Gasteiger charge is 2.46. The van der Waals surface area contributed by atoms with Crippen molar-refractivity contribution in [2.45, 2.75) is 29.3 Å². The summed E-state index contributed by atoms with van der Waals surface area (Å²) in [7, 11) is -5.29. The molecule has 1 saturated heterocycles. The second-order valence-electron chi connectivity index (χ2n) is 4.49. The maximum Gasteiger partial charge on any atom is 0.501 e. The van der Waals surface area contributed by atoms with Gasteiger partial charge in [0.1, 0.15) is 11.9 Å². The molecule has 9 heteroatoms. The van der Waals surface area contributed by atoms with Crippen LogP contribution in [-0.4, -0.2) is 33.1 Å². The van der Waals surface area contributed by atoms with Crippen LogP contribution in [0.1, 0.15) is 12.8 Å². The average Bonchev–Trinajstić information content (AvgIpc) is 2.39. The molecule has 0 saturated carbocycles. The minimum absolute atomic E-state index is 0. The number of piperidine rings is 1. The van der Waals surface area contributed by atoms with E-state index in [0.717, 1.165) is 38.1 Å². The van der Waals surface area contributed by atoms with E-state index in [-0.39, 0.29) is 18.5 Å². The smallest absolute Gasteiger partial charge is 0.490 e. The van der Waals surface area contributed by atoms with Gasteiger partial charge < -0.3 is 10.1 Å². The number of hydrogen-bond donors (Lipinski definition) is 1. The summed E-state index contributed by atoms with van der Waals surface area (Å²) in [5, 5.41) is 3.16. The predicted molar refractivity (Wildman–Crippen MR) is 73.5 cm³/mol. The van der Waals surface area contributed by atoms with Gasteiger partial charge in [-0.1, -0.05) is 0 Å². The quantitative estimate of drug-likeness (QED) is 0.914. The topological polar surface area (TPSA) is 55.4 Å². The molecule has 0 aliphatic carbocycles. The van der Waals surface area contributed by atoms with Crippen LogP contribution in [0.5, 0.6) is 5.75 Å². The molecule has 0 radical (unpaired) electrons. The molecule has 0 spiro atoms. The number of halogens is 4. The Bertz CT molecular complexity index is 554. The molecule has 0 unspecified atom stereocenters. The van der Waals surface area contributed by atoms with Crippen LogP contribution in [0.4, 0.5) is 13.2 Å². The fourth-order valence-electron chi connectivity index (χ4n) is 1.94. The Morgan fingerprint density at radius 1 is 1.10 bits per heavy atom. The molecule has 1 aliphatic heterocycles. The minimum atomic E-state index is -5.29. The van der Waals surface area contributed by atoms with Crippen LogP contribution in [0.15, 0.2) is 29.2 Å². The molecule has 0 atom stereocenters. The van der Waals surface area contributed by atoms with Gasteiger partial charge in [0.15, 0.2) is 0 Å². The lowest BCUT2D eigenvalue weighted by Crippen LogP contribution is -2.34. The molecule has 120 valence electrons. The van der Waals surface area contributed by atoms with Crippen LogP contribution < -0.4 is 10.1 Å². The predicted octanol–water partition coefficient (Wildman–Crippen LogP) is 2.53. The molecule has 2 rings (SSSR count). The van der Waals surface area contributed by atoms with E-state index < -0.39 is 20.2 Å². The Hall–Kier alpha value is -0.990. The van der Waals surface area contributed by atoms with Crippen LogP contribution in [0.2, 0.25) is 0 Å². The molecule has 1 fully saturated rings. The molecule has 1 N–H and O–H groups in total.